The summed E-state index contributed by atoms with van der Waals surface area (Å²) in [5.41, 5.74) is 5.44. The first-order valence-electron chi connectivity index (χ1n) is 16.1. The van der Waals surface area contributed by atoms with E-state index in [-0.39, 0.29) is 23.7 Å². The summed E-state index contributed by atoms with van der Waals surface area (Å²) in [5, 5.41) is 4.21. The lowest BCUT2D eigenvalue weighted by molar-refractivity contribution is -0.135. The minimum atomic E-state index is -0.605. The Hall–Kier alpha value is -4.16. The predicted molar refractivity (Wildman–Crippen MR) is 171 cm³/mol. The predicted octanol–water partition coefficient (Wildman–Crippen LogP) is 2.21. The van der Waals surface area contributed by atoms with Crippen LogP contribution in [0.25, 0.3) is 0 Å². The Morgan fingerprint density at radius 3 is 2.20 bits per heavy atom. The Kier molecular flexibility index (Phi) is 11.5. The van der Waals surface area contributed by atoms with Gasteiger partial charge in [0.25, 0.3) is 5.91 Å². The summed E-state index contributed by atoms with van der Waals surface area (Å²) in [4.78, 5) is 55.7. The number of halogens is 1. The molecule has 4 amide bonds. The maximum atomic E-state index is 14.9. The summed E-state index contributed by atoms with van der Waals surface area (Å²) >= 11 is 0. The van der Waals surface area contributed by atoms with Gasteiger partial charge in [0, 0.05) is 64.3 Å². The summed E-state index contributed by atoms with van der Waals surface area (Å²) in [6, 6.07) is 12.1. The van der Waals surface area contributed by atoms with Crippen LogP contribution in [0, 0.1) is 12.7 Å². The fraction of sp³-hybridized carbons (Fsp3) is 0.500. The summed E-state index contributed by atoms with van der Waals surface area (Å²) in [6.45, 7) is 6.78. The van der Waals surface area contributed by atoms with Crippen molar-refractivity contribution in [2.24, 2.45) is 5.10 Å². The molecule has 0 aliphatic carbocycles. The number of nitrogens with one attached hydrogen (secondary N) is 1. The number of hydrogen-bond acceptors (Lipinski definition) is 7. The van der Waals surface area contributed by atoms with E-state index in [0.29, 0.717) is 56.8 Å². The molecule has 5 rings (SSSR count). The number of hydrogen-bond donors (Lipinski definition) is 1. The Morgan fingerprint density at radius 1 is 0.891 bits per heavy atom. The first-order chi connectivity index (χ1) is 22.3. The van der Waals surface area contributed by atoms with Crippen LogP contribution in [0.4, 0.5) is 4.39 Å². The van der Waals surface area contributed by atoms with Crippen molar-refractivity contribution < 1.29 is 28.3 Å². The smallest absolute Gasteiger partial charge is 0.256 e. The number of aryl methyl sites for hydroxylation is 1. The molecule has 3 heterocycles. The second-order valence-corrected chi connectivity index (χ2v) is 12.2. The number of likely N-dealkylation sites (tertiary alicyclic amines) is 2. The number of carbonyl (C=O) groups is 4. The van der Waals surface area contributed by atoms with Crippen molar-refractivity contribution in [3.05, 3.63) is 70.5 Å². The Labute approximate surface area is 269 Å². The van der Waals surface area contributed by atoms with Gasteiger partial charge in [-0.15, -0.1) is 0 Å². The number of amides is 4. The summed E-state index contributed by atoms with van der Waals surface area (Å²) in [6.07, 6.45) is 5.55. The lowest BCUT2D eigenvalue weighted by Gasteiger charge is -2.38. The van der Waals surface area contributed by atoms with E-state index >= 15 is 0 Å². The number of piperazine rings is 1. The van der Waals surface area contributed by atoms with Crippen molar-refractivity contribution in [1.29, 1.82) is 0 Å². The molecular formula is C34H43FN6O5. The molecule has 3 saturated heterocycles. The van der Waals surface area contributed by atoms with Gasteiger partial charge >= 0.3 is 0 Å². The lowest BCUT2D eigenvalue weighted by atomic mass is 9.97. The molecule has 46 heavy (non-hydrogen) atoms. The van der Waals surface area contributed by atoms with Crippen molar-refractivity contribution in [3.63, 3.8) is 0 Å². The van der Waals surface area contributed by atoms with E-state index in [9.17, 15) is 23.6 Å². The summed E-state index contributed by atoms with van der Waals surface area (Å²) < 4.78 is 21.2. The highest BCUT2D eigenvalue weighted by molar-refractivity contribution is 6.03. The molecule has 0 bridgehead atoms. The molecule has 3 aliphatic rings. The van der Waals surface area contributed by atoms with Gasteiger partial charge in [-0.2, -0.15) is 5.10 Å². The molecular weight excluding hydrogens is 591 g/mol. The summed E-state index contributed by atoms with van der Waals surface area (Å²) in [5.74, 6) is -0.981. The minimum Gasteiger partial charge on any atom is -0.375 e. The molecule has 3 fully saturated rings. The van der Waals surface area contributed by atoms with E-state index < -0.39 is 11.7 Å². The number of benzene rings is 2. The maximum Gasteiger partial charge on any atom is 0.256 e. The molecule has 11 nitrogen and oxygen atoms in total. The fourth-order valence-corrected chi connectivity index (χ4v) is 6.45. The second-order valence-electron chi connectivity index (χ2n) is 12.2. The maximum absolute atomic E-state index is 14.9. The topological polar surface area (TPSA) is 115 Å². The third-order valence-corrected chi connectivity index (χ3v) is 9.16. The molecule has 12 heteroatoms. The number of rotatable bonds is 11. The van der Waals surface area contributed by atoms with E-state index in [2.05, 4.69) is 15.4 Å². The van der Waals surface area contributed by atoms with Crippen molar-refractivity contribution >= 4 is 30.3 Å². The second kappa shape index (κ2) is 15.9. The van der Waals surface area contributed by atoms with Gasteiger partial charge in [-0.1, -0.05) is 30.3 Å². The molecule has 246 valence electrons. The van der Waals surface area contributed by atoms with Gasteiger partial charge in [-0.05, 0) is 55.9 Å². The minimum absolute atomic E-state index is 0.0239. The van der Waals surface area contributed by atoms with Crippen molar-refractivity contribution in [2.45, 2.75) is 51.2 Å². The van der Waals surface area contributed by atoms with Gasteiger partial charge < -0.3 is 19.4 Å². The van der Waals surface area contributed by atoms with Crippen molar-refractivity contribution in [3.8, 4) is 0 Å². The third-order valence-electron chi connectivity index (χ3n) is 9.16. The Bertz CT molecular complexity index is 1410. The zero-order valence-corrected chi connectivity index (χ0v) is 26.4. The molecule has 2 aromatic rings. The quantitative estimate of drug-likeness (QED) is 0.230. The van der Waals surface area contributed by atoms with E-state index in [1.165, 1.54) is 6.07 Å². The lowest BCUT2D eigenvalue weighted by Crippen LogP contribution is -2.53. The third kappa shape index (κ3) is 8.55. The highest BCUT2D eigenvalue weighted by Gasteiger charge is 2.30. The zero-order chi connectivity index (χ0) is 32.5. The molecule has 0 aromatic heterocycles. The van der Waals surface area contributed by atoms with Crippen molar-refractivity contribution in [2.75, 3.05) is 58.9 Å². The fourth-order valence-electron chi connectivity index (χ4n) is 6.45. The summed E-state index contributed by atoms with van der Waals surface area (Å²) in [7, 11) is 0. The van der Waals surface area contributed by atoms with Gasteiger partial charge in [0.2, 0.25) is 18.7 Å². The number of piperidine rings is 2. The van der Waals surface area contributed by atoms with Crippen LogP contribution in [-0.2, 0) is 25.5 Å². The number of ether oxygens (including phenoxy) is 1. The highest BCUT2D eigenvalue weighted by atomic mass is 19.1. The SMILES string of the molecule is Cc1ccccc1/C(Cc1ccc(F)c(C(=O)N2CCN(C(=O)CN3CCC(OC4CCN(C=O)CC4)CC3)CC2)c1)=N\NC=O. The van der Waals surface area contributed by atoms with Crippen LogP contribution in [0.1, 0.15) is 52.7 Å². The monoisotopic (exact) mass is 634 g/mol. The van der Waals surface area contributed by atoms with Crippen LogP contribution in [-0.4, -0.2) is 121 Å². The molecule has 0 atom stereocenters. The zero-order valence-electron chi connectivity index (χ0n) is 26.4. The molecule has 0 unspecified atom stereocenters. The van der Waals surface area contributed by atoms with Crippen LogP contribution >= 0.6 is 0 Å². The molecule has 2 aromatic carbocycles. The van der Waals surface area contributed by atoms with Crippen molar-refractivity contribution in [1.82, 2.24) is 25.0 Å². The molecule has 0 radical (unpaired) electrons. The van der Waals surface area contributed by atoms with E-state index in [1.54, 1.807) is 26.8 Å². The molecule has 1 N–H and O–H groups in total. The van der Waals surface area contributed by atoms with Crippen LogP contribution in [0.15, 0.2) is 47.6 Å². The average Bonchev–Trinajstić information content (AvgIpc) is 3.08. The molecule has 0 saturated carbocycles. The Morgan fingerprint density at radius 2 is 1.54 bits per heavy atom. The van der Waals surface area contributed by atoms with Crippen LogP contribution < -0.4 is 5.43 Å². The van der Waals surface area contributed by atoms with Gasteiger partial charge in [0.15, 0.2) is 0 Å². The first kappa shape index (κ1) is 33.2. The van der Waals surface area contributed by atoms with Crippen LogP contribution in [0.2, 0.25) is 0 Å². The Balaban J connectivity index is 1.10. The highest BCUT2D eigenvalue weighted by Crippen LogP contribution is 2.22. The average molecular weight is 635 g/mol. The number of nitrogens with zero attached hydrogens (tertiary/aromatic N) is 5. The van der Waals surface area contributed by atoms with Gasteiger partial charge in [0.1, 0.15) is 5.82 Å². The van der Waals surface area contributed by atoms with E-state index in [4.69, 9.17) is 4.74 Å². The van der Waals surface area contributed by atoms with Gasteiger partial charge in [-0.25, -0.2) is 9.82 Å². The first-order valence-corrected chi connectivity index (χ1v) is 16.1. The normalized spacial score (nSPS) is 18.8. The van der Waals surface area contributed by atoms with Gasteiger partial charge in [-0.3, -0.25) is 24.1 Å². The standard InChI is InChI=1S/C34H43FN6O5/c1-25-4-2-3-5-29(25)32(37-36-23-42)21-26-6-7-31(35)30(20-26)34(45)41-18-16-40(17-19-41)33(44)22-38-12-8-27(9-13-38)46-28-10-14-39(24-43)15-11-28/h2-7,20,23-24,27-28H,8-19,21-22H2,1H3,(H,36,42)/b37-32-. The van der Waals surface area contributed by atoms with E-state index in [1.807, 2.05) is 31.2 Å². The molecule has 3 aliphatic heterocycles. The molecule has 0 spiro atoms. The number of hydrazone groups is 1. The van der Waals surface area contributed by atoms with Crippen LogP contribution in [0.5, 0.6) is 0 Å². The van der Waals surface area contributed by atoms with Crippen LogP contribution in [0.3, 0.4) is 0 Å². The van der Waals surface area contributed by atoms with Gasteiger partial charge in [0.05, 0.1) is 30.0 Å². The number of carbonyl (C=O) groups excluding carboxylic acids is 4. The van der Waals surface area contributed by atoms with E-state index in [0.717, 1.165) is 69.4 Å². The largest absolute Gasteiger partial charge is 0.375 e.